The number of rotatable bonds is 4. The van der Waals surface area contributed by atoms with Crippen LogP contribution in [0.2, 0.25) is 0 Å². The summed E-state index contributed by atoms with van der Waals surface area (Å²) < 4.78 is 12.4. The molecule has 0 radical (unpaired) electrons. The molecule has 4 rings (SSSR count). The van der Waals surface area contributed by atoms with Crippen LogP contribution in [0.5, 0.6) is 0 Å². The van der Waals surface area contributed by atoms with E-state index in [4.69, 9.17) is 9.15 Å². The molecule has 0 bridgehead atoms. The number of pyridine rings is 1. The number of hydrogen-bond acceptors (Lipinski definition) is 6. The van der Waals surface area contributed by atoms with Crippen LogP contribution in [0.4, 0.5) is 0 Å². The zero-order valence-electron chi connectivity index (χ0n) is 15.0. The Kier molecular flexibility index (Phi) is 4.72. The van der Waals surface area contributed by atoms with Crippen molar-refractivity contribution in [2.24, 2.45) is 0 Å². The largest absolute Gasteiger partial charge is 0.427 e. The average Bonchev–Trinajstić information content (AvgIpc) is 3.16. The first kappa shape index (κ1) is 17.4. The van der Waals surface area contributed by atoms with Crippen LogP contribution in [0.15, 0.2) is 39.8 Å². The van der Waals surface area contributed by atoms with Crippen molar-refractivity contribution in [3.63, 3.8) is 0 Å². The molecule has 3 aromatic rings. The van der Waals surface area contributed by atoms with Crippen molar-refractivity contribution < 1.29 is 13.9 Å². The molecule has 1 amide bonds. The lowest BCUT2D eigenvalue weighted by atomic mass is 9.95. The van der Waals surface area contributed by atoms with Gasteiger partial charge in [0, 0.05) is 19.1 Å². The Bertz CT molecular complexity index is 1030. The van der Waals surface area contributed by atoms with Gasteiger partial charge < -0.3 is 14.5 Å². The summed E-state index contributed by atoms with van der Waals surface area (Å²) in [4.78, 5) is 29.1. The number of aromatic nitrogens is 3. The number of aryl methyl sites for hydroxylation is 1. The van der Waals surface area contributed by atoms with Gasteiger partial charge in [0.15, 0.2) is 5.65 Å². The predicted molar refractivity (Wildman–Crippen MR) is 96.7 cm³/mol. The first-order valence-corrected chi connectivity index (χ1v) is 8.91. The Labute approximate surface area is 155 Å². The molecule has 3 aromatic heterocycles. The second kappa shape index (κ2) is 7.32. The monoisotopic (exact) mass is 368 g/mol. The minimum absolute atomic E-state index is 0.0385. The second-order valence-corrected chi connectivity index (χ2v) is 6.61. The first-order valence-electron chi connectivity index (χ1n) is 8.91. The van der Waals surface area contributed by atoms with Gasteiger partial charge in [-0.25, -0.2) is 14.3 Å². The Morgan fingerprint density at radius 2 is 2.15 bits per heavy atom. The zero-order chi connectivity index (χ0) is 18.8. The topological polar surface area (TPSA) is 98.7 Å². The molecule has 0 aliphatic carbocycles. The van der Waals surface area contributed by atoms with Gasteiger partial charge >= 0.3 is 5.63 Å². The maximum Gasteiger partial charge on any atom is 0.349 e. The highest BCUT2D eigenvalue weighted by atomic mass is 16.5. The number of nitrogens with one attached hydrogen (secondary N) is 1. The molecule has 1 N–H and O–H groups in total. The third-order valence-corrected chi connectivity index (χ3v) is 4.83. The SMILES string of the molecule is Cc1cc(C2CCOCC2)oc(=O)c1C(=O)NCc1cccc2ncnn12. The van der Waals surface area contributed by atoms with E-state index in [1.807, 2.05) is 18.2 Å². The highest BCUT2D eigenvalue weighted by molar-refractivity contribution is 5.95. The van der Waals surface area contributed by atoms with E-state index in [0.717, 1.165) is 18.5 Å². The Morgan fingerprint density at radius 1 is 1.33 bits per heavy atom. The van der Waals surface area contributed by atoms with Crippen LogP contribution in [-0.2, 0) is 11.3 Å². The molecule has 8 nitrogen and oxygen atoms in total. The molecule has 0 unspecified atom stereocenters. The maximum absolute atomic E-state index is 12.6. The van der Waals surface area contributed by atoms with Crippen LogP contribution >= 0.6 is 0 Å². The highest BCUT2D eigenvalue weighted by Crippen LogP contribution is 2.27. The molecule has 140 valence electrons. The summed E-state index contributed by atoms with van der Waals surface area (Å²) >= 11 is 0. The standard InChI is InChI=1S/C19H20N4O4/c1-12-9-15(13-5-7-26-8-6-13)27-19(25)17(12)18(24)20-10-14-3-2-4-16-21-11-22-23(14)16/h2-4,9,11,13H,5-8,10H2,1H3,(H,20,24). The summed E-state index contributed by atoms with van der Waals surface area (Å²) in [5, 5.41) is 6.90. The van der Waals surface area contributed by atoms with Crippen molar-refractivity contribution >= 4 is 11.6 Å². The van der Waals surface area contributed by atoms with E-state index in [0.29, 0.717) is 30.2 Å². The van der Waals surface area contributed by atoms with Crippen LogP contribution in [0.25, 0.3) is 5.65 Å². The first-order chi connectivity index (χ1) is 13.1. The molecule has 0 atom stereocenters. The molecule has 0 aromatic carbocycles. The van der Waals surface area contributed by atoms with E-state index in [-0.39, 0.29) is 18.0 Å². The van der Waals surface area contributed by atoms with E-state index in [2.05, 4.69) is 15.4 Å². The molecule has 0 saturated carbocycles. The van der Waals surface area contributed by atoms with Crippen molar-refractivity contribution in [2.45, 2.75) is 32.2 Å². The fraction of sp³-hybridized carbons (Fsp3) is 0.368. The van der Waals surface area contributed by atoms with Crippen LogP contribution in [-0.4, -0.2) is 33.7 Å². The van der Waals surface area contributed by atoms with Crippen molar-refractivity contribution in [3.8, 4) is 0 Å². The zero-order valence-corrected chi connectivity index (χ0v) is 15.0. The number of carbonyl (C=O) groups excluding carboxylic acids is 1. The van der Waals surface area contributed by atoms with Gasteiger partial charge in [0.05, 0.1) is 12.2 Å². The van der Waals surface area contributed by atoms with E-state index in [1.54, 1.807) is 17.5 Å². The van der Waals surface area contributed by atoms with Gasteiger partial charge in [-0.2, -0.15) is 5.10 Å². The summed E-state index contributed by atoms with van der Waals surface area (Å²) in [7, 11) is 0. The lowest BCUT2D eigenvalue weighted by Crippen LogP contribution is -2.30. The summed E-state index contributed by atoms with van der Waals surface area (Å²) in [6, 6.07) is 7.30. The minimum Gasteiger partial charge on any atom is -0.427 e. The van der Waals surface area contributed by atoms with Crippen LogP contribution in [0.3, 0.4) is 0 Å². The van der Waals surface area contributed by atoms with E-state index in [9.17, 15) is 9.59 Å². The van der Waals surface area contributed by atoms with Gasteiger partial charge in [0.1, 0.15) is 17.7 Å². The normalized spacial score (nSPS) is 15.1. The number of carbonyl (C=O) groups is 1. The van der Waals surface area contributed by atoms with Crippen molar-refractivity contribution in [1.29, 1.82) is 0 Å². The summed E-state index contributed by atoms with van der Waals surface area (Å²) in [6.07, 6.45) is 3.08. The van der Waals surface area contributed by atoms with Crippen LogP contribution in [0, 0.1) is 6.92 Å². The molecule has 8 heteroatoms. The van der Waals surface area contributed by atoms with Gasteiger partial charge in [-0.1, -0.05) is 6.07 Å². The van der Waals surface area contributed by atoms with Gasteiger partial charge in [-0.15, -0.1) is 0 Å². The van der Waals surface area contributed by atoms with E-state index < -0.39 is 11.5 Å². The van der Waals surface area contributed by atoms with Gasteiger partial charge in [-0.05, 0) is 43.5 Å². The number of amides is 1. The molecular weight excluding hydrogens is 348 g/mol. The fourth-order valence-electron chi connectivity index (χ4n) is 3.38. The molecule has 27 heavy (non-hydrogen) atoms. The Balaban J connectivity index is 1.53. The molecule has 1 saturated heterocycles. The van der Waals surface area contributed by atoms with Gasteiger partial charge in [0.2, 0.25) is 0 Å². The molecule has 4 heterocycles. The van der Waals surface area contributed by atoms with E-state index >= 15 is 0 Å². The van der Waals surface area contributed by atoms with Gasteiger partial charge in [0.25, 0.3) is 5.91 Å². The second-order valence-electron chi connectivity index (χ2n) is 6.61. The minimum atomic E-state index is -0.604. The number of fused-ring (bicyclic) bond motifs is 1. The molecule has 0 spiro atoms. The van der Waals surface area contributed by atoms with Gasteiger partial charge in [-0.3, -0.25) is 4.79 Å². The number of ether oxygens (including phenoxy) is 1. The lowest BCUT2D eigenvalue weighted by molar-refractivity contribution is 0.0795. The van der Waals surface area contributed by atoms with E-state index in [1.165, 1.54) is 6.33 Å². The van der Waals surface area contributed by atoms with Crippen molar-refractivity contribution in [2.75, 3.05) is 13.2 Å². The fourth-order valence-corrected chi connectivity index (χ4v) is 3.38. The van der Waals surface area contributed by atoms with Crippen LogP contribution < -0.4 is 10.9 Å². The number of nitrogens with zero attached hydrogens (tertiary/aromatic N) is 3. The molecule has 1 aliphatic rings. The Hall–Kier alpha value is -3.00. The molecule has 1 aliphatic heterocycles. The smallest absolute Gasteiger partial charge is 0.349 e. The predicted octanol–water partition coefficient (Wildman–Crippen LogP) is 1.81. The summed E-state index contributed by atoms with van der Waals surface area (Å²) in [6.45, 7) is 3.29. The third-order valence-electron chi connectivity index (χ3n) is 4.83. The van der Waals surface area contributed by atoms with Crippen molar-refractivity contribution in [3.05, 3.63) is 63.6 Å². The summed E-state index contributed by atoms with van der Waals surface area (Å²) in [5.74, 6) is 0.328. The molecule has 1 fully saturated rings. The third kappa shape index (κ3) is 3.48. The van der Waals surface area contributed by atoms with Crippen molar-refractivity contribution in [1.82, 2.24) is 19.9 Å². The van der Waals surface area contributed by atoms with Crippen LogP contribution in [0.1, 0.15) is 46.1 Å². The lowest BCUT2D eigenvalue weighted by Gasteiger charge is -2.21. The molecular formula is C19H20N4O4. The maximum atomic E-state index is 12.6. The Morgan fingerprint density at radius 3 is 2.93 bits per heavy atom. The number of hydrogen-bond donors (Lipinski definition) is 1. The summed E-state index contributed by atoms with van der Waals surface area (Å²) in [5.41, 5.74) is 1.51. The quantitative estimate of drug-likeness (QED) is 0.754. The average molecular weight is 368 g/mol. The highest BCUT2D eigenvalue weighted by Gasteiger charge is 2.23.